The Morgan fingerprint density at radius 2 is 2.06 bits per heavy atom. The Hall–Kier alpha value is -0.860. The van der Waals surface area contributed by atoms with Gasteiger partial charge in [-0.1, -0.05) is 31.2 Å². The van der Waals surface area contributed by atoms with Gasteiger partial charge in [0.15, 0.2) is 0 Å². The number of hydrogen-bond donors (Lipinski definition) is 1. The van der Waals surface area contributed by atoms with Gasteiger partial charge in [0, 0.05) is 25.7 Å². The van der Waals surface area contributed by atoms with Crippen molar-refractivity contribution in [3.05, 3.63) is 35.4 Å². The minimum absolute atomic E-state index is 0.594. The molecular formula is C15H24N2. The van der Waals surface area contributed by atoms with E-state index in [1.807, 2.05) is 0 Å². The summed E-state index contributed by atoms with van der Waals surface area (Å²) in [6.07, 6.45) is 2.47. The number of nitrogens with zero attached hydrogens (tertiary/aromatic N) is 1. The minimum atomic E-state index is 0.594. The van der Waals surface area contributed by atoms with E-state index in [2.05, 4.69) is 48.3 Å². The summed E-state index contributed by atoms with van der Waals surface area (Å²) in [5.74, 6) is 0. The maximum absolute atomic E-state index is 3.48. The molecule has 1 fully saturated rings. The summed E-state index contributed by atoms with van der Waals surface area (Å²) in [4.78, 5) is 2.64. The molecule has 1 aromatic rings. The first-order chi connectivity index (χ1) is 8.33. The van der Waals surface area contributed by atoms with E-state index in [0.717, 1.165) is 6.54 Å². The van der Waals surface area contributed by atoms with E-state index in [4.69, 9.17) is 0 Å². The van der Waals surface area contributed by atoms with Gasteiger partial charge in [0.25, 0.3) is 0 Å². The van der Waals surface area contributed by atoms with Crippen molar-refractivity contribution in [2.75, 3.05) is 26.2 Å². The summed E-state index contributed by atoms with van der Waals surface area (Å²) < 4.78 is 0. The van der Waals surface area contributed by atoms with Crippen LogP contribution < -0.4 is 5.32 Å². The Balaban J connectivity index is 2.17. The van der Waals surface area contributed by atoms with Crippen molar-refractivity contribution in [1.29, 1.82) is 0 Å². The van der Waals surface area contributed by atoms with Crippen molar-refractivity contribution in [2.24, 2.45) is 0 Å². The predicted molar refractivity (Wildman–Crippen MR) is 73.3 cm³/mol. The Kier molecular flexibility index (Phi) is 4.57. The lowest BCUT2D eigenvalue weighted by atomic mass is 9.98. The average Bonchev–Trinajstić information content (AvgIpc) is 2.62. The molecule has 1 saturated heterocycles. The molecule has 0 bridgehead atoms. The molecule has 1 aliphatic rings. The molecule has 0 saturated carbocycles. The van der Waals surface area contributed by atoms with E-state index < -0.39 is 0 Å². The van der Waals surface area contributed by atoms with Crippen LogP contribution in [0, 0.1) is 6.92 Å². The fourth-order valence-corrected chi connectivity index (χ4v) is 2.81. The van der Waals surface area contributed by atoms with E-state index >= 15 is 0 Å². The van der Waals surface area contributed by atoms with Crippen LogP contribution in [0.15, 0.2) is 24.3 Å². The molecule has 94 valence electrons. The largest absolute Gasteiger partial charge is 0.315 e. The third-order valence-corrected chi connectivity index (χ3v) is 3.75. The molecule has 2 rings (SSSR count). The second-order valence-corrected chi connectivity index (χ2v) is 4.92. The molecule has 2 nitrogen and oxygen atoms in total. The zero-order valence-electron chi connectivity index (χ0n) is 11.1. The first-order valence-corrected chi connectivity index (χ1v) is 6.83. The number of hydrogen-bond acceptors (Lipinski definition) is 2. The summed E-state index contributed by atoms with van der Waals surface area (Å²) in [6, 6.07) is 9.42. The smallest absolute Gasteiger partial charge is 0.0348 e. The molecule has 1 heterocycles. The topological polar surface area (TPSA) is 15.3 Å². The highest BCUT2D eigenvalue weighted by molar-refractivity contribution is 5.28. The van der Waals surface area contributed by atoms with Crippen LogP contribution in [0.2, 0.25) is 0 Å². The fourth-order valence-electron chi connectivity index (χ4n) is 2.81. The highest BCUT2D eigenvalue weighted by Crippen LogP contribution is 2.27. The molecule has 0 aliphatic carbocycles. The highest BCUT2D eigenvalue weighted by Gasteiger charge is 2.20. The molecule has 0 amide bonds. The first-order valence-electron chi connectivity index (χ1n) is 6.83. The monoisotopic (exact) mass is 232 g/mol. The first kappa shape index (κ1) is 12.6. The Morgan fingerprint density at radius 1 is 1.24 bits per heavy atom. The van der Waals surface area contributed by atoms with E-state index in [-0.39, 0.29) is 0 Å². The van der Waals surface area contributed by atoms with Gasteiger partial charge >= 0.3 is 0 Å². The lowest BCUT2D eigenvalue weighted by Gasteiger charge is -2.31. The van der Waals surface area contributed by atoms with Crippen molar-refractivity contribution < 1.29 is 0 Å². The van der Waals surface area contributed by atoms with Crippen molar-refractivity contribution >= 4 is 0 Å². The van der Waals surface area contributed by atoms with Gasteiger partial charge in [0.2, 0.25) is 0 Å². The molecule has 1 aliphatic heterocycles. The molecular weight excluding hydrogens is 208 g/mol. The SMILES string of the molecule is CCC(c1ccccc1C)N1CCCNCC1. The number of benzene rings is 1. The lowest BCUT2D eigenvalue weighted by Crippen LogP contribution is -2.32. The molecule has 1 aromatic carbocycles. The average molecular weight is 232 g/mol. The molecule has 1 N–H and O–H groups in total. The van der Waals surface area contributed by atoms with Crippen molar-refractivity contribution in [3.63, 3.8) is 0 Å². The van der Waals surface area contributed by atoms with E-state index in [1.54, 1.807) is 0 Å². The molecule has 0 spiro atoms. The van der Waals surface area contributed by atoms with Crippen LogP contribution in [0.5, 0.6) is 0 Å². The maximum atomic E-state index is 3.48. The van der Waals surface area contributed by atoms with Gasteiger partial charge in [-0.15, -0.1) is 0 Å². The van der Waals surface area contributed by atoms with Crippen molar-refractivity contribution in [2.45, 2.75) is 32.7 Å². The normalized spacial score (nSPS) is 19.9. The number of rotatable bonds is 3. The van der Waals surface area contributed by atoms with Crippen LogP contribution in [0.25, 0.3) is 0 Å². The van der Waals surface area contributed by atoms with Gasteiger partial charge < -0.3 is 5.32 Å². The second-order valence-electron chi connectivity index (χ2n) is 4.92. The zero-order valence-corrected chi connectivity index (χ0v) is 11.1. The van der Waals surface area contributed by atoms with Gasteiger partial charge in [-0.05, 0) is 37.4 Å². The fraction of sp³-hybridized carbons (Fsp3) is 0.600. The van der Waals surface area contributed by atoms with E-state index in [1.165, 1.54) is 43.6 Å². The van der Waals surface area contributed by atoms with Crippen molar-refractivity contribution in [3.8, 4) is 0 Å². The van der Waals surface area contributed by atoms with Gasteiger partial charge in [0.1, 0.15) is 0 Å². The summed E-state index contributed by atoms with van der Waals surface area (Å²) in [6.45, 7) is 9.22. The highest BCUT2D eigenvalue weighted by atomic mass is 15.2. The third-order valence-electron chi connectivity index (χ3n) is 3.75. The van der Waals surface area contributed by atoms with Crippen LogP contribution in [0.3, 0.4) is 0 Å². The summed E-state index contributed by atoms with van der Waals surface area (Å²) in [7, 11) is 0. The predicted octanol–water partition coefficient (Wildman–Crippen LogP) is 2.74. The van der Waals surface area contributed by atoms with Gasteiger partial charge in [-0.3, -0.25) is 4.90 Å². The lowest BCUT2D eigenvalue weighted by molar-refractivity contribution is 0.204. The van der Waals surface area contributed by atoms with Crippen molar-refractivity contribution in [1.82, 2.24) is 10.2 Å². The van der Waals surface area contributed by atoms with Crippen LogP contribution in [0.1, 0.15) is 36.9 Å². The third kappa shape index (κ3) is 3.08. The Bertz CT molecular complexity index is 341. The summed E-state index contributed by atoms with van der Waals surface area (Å²) >= 11 is 0. The minimum Gasteiger partial charge on any atom is -0.315 e. The maximum Gasteiger partial charge on any atom is 0.0348 e. The van der Waals surface area contributed by atoms with Crippen LogP contribution in [-0.2, 0) is 0 Å². The second kappa shape index (κ2) is 6.18. The number of nitrogens with one attached hydrogen (secondary N) is 1. The Labute approximate surface area is 105 Å². The van der Waals surface area contributed by atoms with Gasteiger partial charge in [0.05, 0.1) is 0 Å². The van der Waals surface area contributed by atoms with Gasteiger partial charge in [-0.25, -0.2) is 0 Å². The quantitative estimate of drug-likeness (QED) is 0.862. The van der Waals surface area contributed by atoms with E-state index in [0.29, 0.717) is 6.04 Å². The molecule has 17 heavy (non-hydrogen) atoms. The molecule has 0 aromatic heterocycles. The summed E-state index contributed by atoms with van der Waals surface area (Å²) in [5, 5.41) is 3.48. The Morgan fingerprint density at radius 3 is 2.82 bits per heavy atom. The molecule has 1 atom stereocenters. The van der Waals surface area contributed by atoms with Crippen LogP contribution >= 0.6 is 0 Å². The zero-order chi connectivity index (χ0) is 12.1. The van der Waals surface area contributed by atoms with Gasteiger partial charge in [-0.2, -0.15) is 0 Å². The molecule has 1 unspecified atom stereocenters. The standard InChI is InChI=1S/C15H24N2/c1-3-15(14-8-5-4-7-13(14)2)17-11-6-9-16-10-12-17/h4-5,7-8,15-16H,3,6,9-12H2,1-2H3. The van der Waals surface area contributed by atoms with Crippen LogP contribution in [0.4, 0.5) is 0 Å². The molecule has 0 radical (unpaired) electrons. The van der Waals surface area contributed by atoms with E-state index in [9.17, 15) is 0 Å². The van der Waals surface area contributed by atoms with Crippen LogP contribution in [-0.4, -0.2) is 31.1 Å². The summed E-state index contributed by atoms with van der Waals surface area (Å²) in [5.41, 5.74) is 2.94. The number of aryl methyl sites for hydroxylation is 1. The molecule has 2 heteroatoms.